The summed E-state index contributed by atoms with van der Waals surface area (Å²) in [5.41, 5.74) is 0. The van der Waals surface area contributed by atoms with Crippen LogP contribution in [0.2, 0.25) is 5.02 Å². The molecular formula is C13H18ClNO. The Balaban J connectivity index is 1.81. The van der Waals surface area contributed by atoms with Gasteiger partial charge in [-0.1, -0.05) is 11.6 Å². The predicted octanol–water partition coefficient (Wildman–Crippen LogP) is 3.11. The Morgan fingerprint density at radius 1 is 1.44 bits per heavy atom. The fraction of sp³-hybridized carbons (Fsp3) is 0.538. The maximum Gasteiger partial charge on any atom is 0.119 e. The van der Waals surface area contributed by atoms with E-state index in [4.69, 9.17) is 16.3 Å². The van der Waals surface area contributed by atoms with Gasteiger partial charge in [-0.05, 0) is 63.0 Å². The van der Waals surface area contributed by atoms with Crippen molar-refractivity contribution in [3.63, 3.8) is 0 Å². The fourth-order valence-corrected chi connectivity index (χ4v) is 2.30. The largest absolute Gasteiger partial charge is 0.491 e. The Morgan fingerprint density at radius 2 is 2.19 bits per heavy atom. The number of halogens is 1. The minimum atomic E-state index is 0.270. The summed E-state index contributed by atoms with van der Waals surface area (Å²) in [5, 5.41) is 4.13. The van der Waals surface area contributed by atoms with E-state index in [1.807, 2.05) is 24.3 Å². The molecule has 0 bridgehead atoms. The molecule has 0 saturated carbocycles. The van der Waals surface area contributed by atoms with Gasteiger partial charge >= 0.3 is 0 Å². The molecule has 1 saturated heterocycles. The van der Waals surface area contributed by atoms with E-state index in [2.05, 4.69) is 12.2 Å². The van der Waals surface area contributed by atoms with E-state index in [-0.39, 0.29) is 6.10 Å². The molecule has 1 aromatic rings. The Hall–Kier alpha value is -0.730. The highest BCUT2D eigenvalue weighted by Crippen LogP contribution is 2.20. The van der Waals surface area contributed by atoms with E-state index in [1.54, 1.807) is 0 Å². The van der Waals surface area contributed by atoms with Crippen molar-refractivity contribution in [1.82, 2.24) is 5.32 Å². The van der Waals surface area contributed by atoms with Crippen molar-refractivity contribution in [2.45, 2.75) is 25.9 Å². The zero-order chi connectivity index (χ0) is 11.4. The summed E-state index contributed by atoms with van der Waals surface area (Å²) in [6.07, 6.45) is 2.66. The average Bonchev–Trinajstić information content (AvgIpc) is 2.74. The van der Waals surface area contributed by atoms with E-state index in [0.29, 0.717) is 0 Å². The predicted molar refractivity (Wildman–Crippen MR) is 67.1 cm³/mol. The summed E-state index contributed by atoms with van der Waals surface area (Å²) in [6, 6.07) is 7.57. The van der Waals surface area contributed by atoms with Crippen LogP contribution >= 0.6 is 11.6 Å². The molecule has 2 unspecified atom stereocenters. The van der Waals surface area contributed by atoms with Gasteiger partial charge in [-0.3, -0.25) is 0 Å². The Kier molecular flexibility index (Phi) is 4.08. The molecule has 0 aromatic heterocycles. The maximum absolute atomic E-state index is 5.84. The molecule has 1 fully saturated rings. The van der Waals surface area contributed by atoms with Gasteiger partial charge in [0.2, 0.25) is 0 Å². The molecule has 2 nitrogen and oxygen atoms in total. The zero-order valence-electron chi connectivity index (χ0n) is 9.58. The second-order valence-electron chi connectivity index (χ2n) is 4.48. The third-order valence-electron chi connectivity index (χ3n) is 2.98. The highest BCUT2D eigenvalue weighted by Gasteiger charge is 2.18. The van der Waals surface area contributed by atoms with Crippen molar-refractivity contribution in [2.24, 2.45) is 5.92 Å². The first kappa shape index (κ1) is 11.7. The molecule has 2 atom stereocenters. The van der Waals surface area contributed by atoms with Gasteiger partial charge in [0, 0.05) is 5.02 Å². The Morgan fingerprint density at radius 3 is 2.81 bits per heavy atom. The summed E-state index contributed by atoms with van der Waals surface area (Å²) in [7, 11) is 0. The lowest BCUT2D eigenvalue weighted by Crippen LogP contribution is -2.18. The minimum Gasteiger partial charge on any atom is -0.491 e. The van der Waals surface area contributed by atoms with Gasteiger partial charge in [0.1, 0.15) is 5.75 Å². The molecule has 3 heteroatoms. The Bertz CT molecular complexity index is 319. The van der Waals surface area contributed by atoms with Crippen molar-refractivity contribution in [3.8, 4) is 5.75 Å². The second-order valence-corrected chi connectivity index (χ2v) is 4.91. The van der Waals surface area contributed by atoms with Crippen LogP contribution in [0.4, 0.5) is 0 Å². The lowest BCUT2D eigenvalue weighted by atomic mass is 10.0. The SMILES string of the molecule is CC(CC1CCNC1)Oc1ccc(Cl)cc1. The molecule has 88 valence electrons. The van der Waals surface area contributed by atoms with Crippen molar-refractivity contribution in [2.75, 3.05) is 13.1 Å². The molecule has 1 aliphatic heterocycles. The van der Waals surface area contributed by atoms with Gasteiger partial charge in [0.05, 0.1) is 6.10 Å². The molecule has 16 heavy (non-hydrogen) atoms. The van der Waals surface area contributed by atoms with Crippen LogP contribution < -0.4 is 10.1 Å². The summed E-state index contributed by atoms with van der Waals surface area (Å²) in [5.74, 6) is 1.67. The molecule has 1 heterocycles. The lowest BCUT2D eigenvalue weighted by molar-refractivity contribution is 0.189. The number of ether oxygens (including phenoxy) is 1. The highest BCUT2D eigenvalue weighted by atomic mass is 35.5. The maximum atomic E-state index is 5.84. The van der Waals surface area contributed by atoms with Crippen LogP contribution in [-0.4, -0.2) is 19.2 Å². The van der Waals surface area contributed by atoms with Crippen LogP contribution in [0.1, 0.15) is 19.8 Å². The van der Waals surface area contributed by atoms with Gasteiger partial charge in [-0.15, -0.1) is 0 Å². The smallest absolute Gasteiger partial charge is 0.119 e. The third-order valence-corrected chi connectivity index (χ3v) is 3.23. The summed E-state index contributed by atoms with van der Waals surface area (Å²) >= 11 is 5.82. The number of rotatable bonds is 4. The van der Waals surface area contributed by atoms with Crippen molar-refractivity contribution >= 4 is 11.6 Å². The summed E-state index contributed by atoms with van der Waals surface area (Å²) in [6.45, 7) is 4.42. The Labute approximate surface area is 102 Å². The monoisotopic (exact) mass is 239 g/mol. The summed E-state index contributed by atoms with van der Waals surface area (Å²) < 4.78 is 5.84. The first-order valence-electron chi connectivity index (χ1n) is 5.87. The van der Waals surface area contributed by atoms with Crippen molar-refractivity contribution in [1.29, 1.82) is 0 Å². The normalized spacial score (nSPS) is 22.0. The van der Waals surface area contributed by atoms with Crippen LogP contribution in [0.25, 0.3) is 0 Å². The van der Waals surface area contributed by atoms with Gasteiger partial charge in [-0.25, -0.2) is 0 Å². The van der Waals surface area contributed by atoms with Crippen LogP contribution in [0, 0.1) is 5.92 Å². The van der Waals surface area contributed by atoms with Gasteiger partial charge < -0.3 is 10.1 Å². The first-order valence-corrected chi connectivity index (χ1v) is 6.25. The molecule has 2 rings (SSSR count). The molecular weight excluding hydrogens is 222 g/mol. The van der Waals surface area contributed by atoms with E-state index < -0.39 is 0 Å². The molecule has 1 aliphatic rings. The average molecular weight is 240 g/mol. The van der Waals surface area contributed by atoms with Crippen LogP contribution in [-0.2, 0) is 0 Å². The van der Waals surface area contributed by atoms with Crippen LogP contribution in [0.15, 0.2) is 24.3 Å². The van der Waals surface area contributed by atoms with Gasteiger partial charge in [0.15, 0.2) is 0 Å². The van der Waals surface area contributed by atoms with Crippen LogP contribution in [0.5, 0.6) is 5.75 Å². The second kappa shape index (κ2) is 5.55. The molecule has 0 radical (unpaired) electrons. The number of benzene rings is 1. The molecule has 0 spiro atoms. The topological polar surface area (TPSA) is 21.3 Å². The fourth-order valence-electron chi connectivity index (χ4n) is 2.18. The molecule has 1 aromatic carbocycles. The van der Waals surface area contributed by atoms with Crippen molar-refractivity contribution in [3.05, 3.63) is 29.3 Å². The van der Waals surface area contributed by atoms with E-state index in [9.17, 15) is 0 Å². The minimum absolute atomic E-state index is 0.270. The standard InChI is InChI=1S/C13H18ClNO/c1-10(8-11-6-7-15-9-11)16-13-4-2-12(14)3-5-13/h2-5,10-11,15H,6-9H2,1H3. The highest BCUT2D eigenvalue weighted by molar-refractivity contribution is 6.30. The summed E-state index contributed by atoms with van der Waals surface area (Å²) in [4.78, 5) is 0. The van der Waals surface area contributed by atoms with E-state index >= 15 is 0 Å². The third kappa shape index (κ3) is 3.39. The molecule has 0 amide bonds. The lowest BCUT2D eigenvalue weighted by Gasteiger charge is -2.17. The van der Waals surface area contributed by atoms with Crippen molar-refractivity contribution < 1.29 is 4.74 Å². The zero-order valence-corrected chi connectivity index (χ0v) is 10.3. The number of hydrogen-bond acceptors (Lipinski definition) is 2. The molecule has 0 aliphatic carbocycles. The van der Waals surface area contributed by atoms with E-state index in [1.165, 1.54) is 6.42 Å². The van der Waals surface area contributed by atoms with E-state index in [0.717, 1.165) is 36.2 Å². The number of hydrogen-bond donors (Lipinski definition) is 1. The first-order chi connectivity index (χ1) is 7.74. The van der Waals surface area contributed by atoms with Gasteiger partial charge in [-0.2, -0.15) is 0 Å². The van der Waals surface area contributed by atoms with Crippen LogP contribution in [0.3, 0.4) is 0 Å². The quantitative estimate of drug-likeness (QED) is 0.872. The molecule has 1 N–H and O–H groups in total. The van der Waals surface area contributed by atoms with Gasteiger partial charge in [0.25, 0.3) is 0 Å². The number of nitrogens with one attached hydrogen (secondary N) is 1.